The molecule has 0 amide bonds. The Morgan fingerprint density at radius 3 is 3.00 bits per heavy atom. The minimum atomic E-state index is 0.725. The van der Waals surface area contributed by atoms with Crippen molar-refractivity contribution < 1.29 is 4.90 Å². The summed E-state index contributed by atoms with van der Waals surface area (Å²) >= 11 is 0. The lowest BCUT2D eigenvalue weighted by molar-refractivity contribution is -0.941. The molecule has 3 unspecified atom stereocenters. The zero-order valence-corrected chi connectivity index (χ0v) is 10.3. The molecule has 3 heteroatoms. The van der Waals surface area contributed by atoms with Crippen LogP contribution >= 0.6 is 0 Å². The molecule has 0 aromatic carbocycles. The summed E-state index contributed by atoms with van der Waals surface area (Å²) in [7, 11) is 0. The van der Waals surface area contributed by atoms with Crippen molar-refractivity contribution in [3.05, 3.63) is 0 Å². The third kappa shape index (κ3) is 2.52. The molecule has 0 saturated carbocycles. The van der Waals surface area contributed by atoms with Crippen LogP contribution in [0.5, 0.6) is 0 Å². The van der Waals surface area contributed by atoms with Crippen LogP contribution in [0.2, 0.25) is 0 Å². The topological polar surface area (TPSA) is 19.7 Å². The lowest BCUT2D eigenvalue weighted by Crippen LogP contribution is -3.18. The Hall–Kier alpha value is -0.120. The minimum absolute atomic E-state index is 0.725. The molecule has 0 spiro atoms. The Labute approximate surface area is 93.8 Å². The Morgan fingerprint density at radius 1 is 1.40 bits per heavy atom. The van der Waals surface area contributed by atoms with Crippen molar-refractivity contribution in [2.75, 3.05) is 32.7 Å². The molecule has 3 atom stereocenters. The Morgan fingerprint density at radius 2 is 2.27 bits per heavy atom. The van der Waals surface area contributed by atoms with Crippen molar-refractivity contribution in [3.63, 3.8) is 0 Å². The second-order valence-electron chi connectivity index (χ2n) is 5.06. The fourth-order valence-corrected chi connectivity index (χ4v) is 3.19. The van der Waals surface area contributed by atoms with Gasteiger partial charge in [-0.1, -0.05) is 0 Å². The molecule has 15 heavy (non-hydrogen) atoms. The number of rotatable bonds is 2. The summed E-state index contributed by atoms with van der Waals surface area (Å²) in [6.45, 7) is 11.0. The van der Waals surface area contributed by atoms with Crippen molar-refractivity contribution in [1.29, 1.82) is 0 Å². The predicted octanol–water partition coefficient (Wildman–Crippen LogP) is -0.305. The van der Waals surface area contributed by atoms with E-state index in [1.165, 1.54) is 52.0 Å². The third-order valence-corrected chi connectivity index (χ3v) is 4.10. The van der Waals surface area contributed by atoms with Crippen molar-refractivity contribution >= 4 is 0 Å². The van der Waals surface area contributed by atoms with Gasteiger partial charge in [-0.2, -0.15) is 0 Å². The van der Waals surface area contributed by atoms with E-state index in [2.05, 4.69) is 24.1 Å². The molecule has 2 heterocycles. The first-order chi connectivity index (χ1) is 7.33. The number of hydrogen-bond donors (Lipinski definition) is 2. The van der Waals surface area contributed by atoms with E-state index in [9.17, 15) is 0 Å². The number of nitrogens with zero attached hydrogens (tertiary/aromatic N) is 1. The van der Waals surface area contributed by atoms with Crippen LogP contribution in [-0.4, -0.2) is 49.8 Å². The van der Waals surface area contributed by atoms with E-state index in [0.29, 0.717) is 0 Å². The summed E-state index contributed by atoms with van der Waals surface area (Å²) in [6, 6.07) is 0.725. The second-order valence-corrected chi connectivity index (χ2v) is 5.06. The van der Waals surface area contributed by atoms with Gasteiger partial charge >= 0.3 is 0 Å². The van der Waals surface area contributed by atoms with Crippen molar-refractivity contribution in [2.24, 2.45) is 0 Å². The maximum atomic E-state index is 3.49. The SMILES string of the molecule is CC[NH+]1CCCCC1N1CCNCC1C. The number of quaternary nitrogens is 1. The van der Waals surface area contributed by atoms with E-state index >= 15 is 0 Å². The predicted molar refractivity (Wildman–Crippen MR) is 63.0 cm³/mol. The zero-order chi connectivity index (χ0) is 10.7. The number of hydrogen-bond acceptors (Lipinski definition) is 2. The molecule has 0 aliphatic carbocycles. The van der Waals surface area contributed by atoms with Gasteiger partial charge < -0.3 is 10.2 Å². The van der Waals surface area contributed by atoms with E-state index in [1.807, 2.05) is 4.90 Å². The highest BCUT2D eigenvalue weighted by molar-refractivity contribution is 4.78. The maximum absolute atomic E-state index is 3.49. The van der Waals surface area contributed by atoms with E-state index in [-0.39, 0.29) is 0 Å². The normalized spacial score (nSPS) is 39.2. The fourth-order valence-electron chi connectivity index (χ4n) is 3.19. The van der Waals surface area contributed by atoms with Gasteiger partial charge in [-0.25, -0.2) is 4.90 Å². The van der Waals surface area contributed by atoms with Gasteiger partial charge in [-0.15, -0.1) is 0 Å². The van der Waals surface area contributed by atoms with Crippen molar-refractivity contribution in [1.82, 2.24) is 10.2 Å². The smallest absolute Gasteiger partial charge is 0.144 e. The van der Waals surface area contributed by atoms with E-state index < -0.39 is 0 Å². The van der Waals surface area contributed by atoms with Gasteiger partial charge in [0.1, 0.15) is 6.17 Å². The minimum Gasteiger partial charge on any atom is -0.320 e. The first-order valence-corrected chi connectivity index (χ1v) is 6.64. The van der Waals surface area contributed by atoms with Gasteiger partial charge in [-0.3, -0.25) is 0 Å². The molecular formula is C12H26N3+. The maximum Gasteiger partial charge on any atom is 0.144 e. The van der Waals surface area contributed by atoms with Gasteiger partial charge in [0.25, 0.3) is 0 Å². The Balaban J connectivity index is 1.99. The van der Waals surface area contributed by atoms with Gasteiger partial charge in [0.2, 0.25) is 0 Å². The second kappa shape index (κ2) is 5.28. The molecule has 2 rings (SSSR count). The molecule has 0 radical (unpaired) electrons. The number of piperidine rings is 1. The van der Waals surface area contributed by atoms with Crippen LogP contribution in [0.25, 0.3) is 0 Å². The molecule has 2 fully saturated rings. The number of piperazine rings is 1. The summed E-state index contributed by atoms with van der Waals surface area (Å²) < 4.78 is 0. The van der Waals surface area contributed by atoms with Crippen LogP contribution < -0.4 is 10.2 Å². The van der Waals surface area contributed by atoms with Crippen LogP contribution in [0.4, 0.5) is 0 Å². The molecule has 0 bridgehead atoms. The summed E-state index contributed by atoms with van der Waals surface area (Å²) in [5, 5.41) is 3.49. The highest BCUT2D eigenvalue weighted by atomic mass is 15.4. The average Bonchev–Trinajstić information content (AvgIpc) is 2.30. The molecule has 0 aromatic heterocycles. The Kier molecular flexibility index (Phi) is 4.00. The van der Waals surface area contributed by atoms with Crippen LogP contribution in [-0.2, 0) is 0 Å². The van der Waals surface area contributed by atoms with Crippen LogP contribution in [0.3, 0.4) is 0 Å². The molecule has 0 aromatic rings. The van der Waals surface area contributed by atoms with E-state index in [0.717, 1.165) is 12.2 Å². The summed E-state index contributed by atoms with van der Waals surface area (Å²) in [4.78, 5) is 4.56. The fraction of sp³-hybridized carbons (Fsp3) is 1.00. The van der Waals surface area contributed by atoms with Crippen LogP contribution in [0.15, 0.2) is 0 Å². The highest BCUT2D eigenvalue weighted by Gasteiger charge is 2.34. The molecule has 2 aliphatic heterocycles. The lowest BCUT2D eigenvalue weighted by Gasteiger charge is -2.44. The summed E-state index contributed by atoms with van der Waals surface area (Å²) in [5.74, 6) is 0. The summed E-state index contributed by atoms with van der Waals surface area (Å²) in [6.07, 6.45) is 5.08. The lowest BCUT2D eigenvalue weighted by atomic mass is 10.0. The monoisotopic (exact) mass is 212 g/mol. The standard InChI is InChI=1S/C12H25N3/c1-3-14-8-5-4-6-12(14)15-9-7-13-10-11(15)2/h11-13H,3-10H2,1-2H3/p+1. The Bertz CT molecular complexity index is 195. The molecule has 2 saturated heterocycles. The quantitative estimate of drug-likeness (QED) is 0.655. The molecule has 2 aliphatic rings. The molecular weight excluding hydrogens is 186 g/mol. The van der Waals surface area contributed by atoms with Crippen molar-refractivity contribution in [3.8, 4) is 0 Å². The molecule has 3 nitrogen and oxygen atoms in total. The van der Waals surface area contributed by atoms with Gasteiger partial charge in [0.15, 0.2) is 0 Å². The van der Waals surface area contributed by atoms with Gasteiger partial charge in [0.05, 0.1) is 13.1 Å². The number of likely N-dealkylation sites (tertiary alicyclic amines) is 1. The molecule has 2 N–H and O–H groups in total. The van der Waals surface area contributed by atoms with Gasteiger partial charge in [-0.05, 0) is 26.7 Å². The summed E-state index contributed by atoms with van der Waals surface area (Å²) in [5.41, 5.74) is 0. The highest BCUT2D eigenvalue weighted by Crippen LogP contribution is 2.12. The third-order valence-electron chi connectivity index (χ3n) is 4.10. The first kappa shape index (κ1) is 11.4. The molecule has 88 valence electrons. The van der Waals surface area contributed by atoms with Crippen LogP contribution in [0.1, 0.15) is 33.1 Å². The van der Waals surface area contributed by atoms with E-state index in [4.69, 9.17) is 0 Å². The average molecular weight is 212 g/mol. The van der Waals surface area contributed by atoms with Crippen LogP contribution in [0, 0.1) is 0 Å². The largest absolute Gasteiger partial charge is 0.320 e. The zero-order valence-electron chi connectivity index (χ0n) is 10.3. The van der Waals surface area contributed by atoms with Crippen molar-refractivity contribution in [2.45, 2.75) is 45.3 Å². The van der Waals surface area contributed by atoms with E-state index in [1.54, 1.807) is 0 Å². The first-order valence-electron chi connectivity index (χ1n) is 6.64. The van der Waals surface area contributed by atoms with Gasteiger partial charge in [0, 0.05) is 32.1 Å². The number of nitrogens with one attached hydrogen (secondary N) is 2.